The Morgan fingerprint density at radius 3 is 2.55 bits per heavy atom. The molecule has 0 atom stereocenters. The van der Waals surface area contributed by atoms with Crippen molar-refractivity contribution in [2.45, 2.75) is 10.4 Å². The minimum atomic E-state index is -4.47. The van der Waals surface area contributed by atoms with Gasteiger partial charge in [-0.2, -0.15) is 13.2 Å². The fourth-order valence-corrected chi connectivity index (χ4v) is 1.95. The second-order valence-corrected chi connectivity index (χ2v) is 4.94. The Kier molecular flexibility index (Phi) is 6.59. The third kappa shape index (κ3) is 6.90. The topological polar surface area (TPSA) is 70.2 Å². The number of para-hydroxylation sites is 1. The van der Waals surface area contributed by atoms with Crippen molar-refractivity contribution in [2.24, 2.45) is 0 Å². The monoisotopic (exact) mass is 331 g/mol. The number of carbonyl (C=O) groups is 2. The maximum atomic E-state index is 12.4. The highest BCUT2D eigenvalue weighted by molar-refractivity contribution is 8.00. The van der Waals surface area contributed by atoms with E-state index in [9.17, 15) is 22.8 Å². The lowest BCUT2D eigenvalue weighted by molar-refractivity contribution is -0.119. The second-order valence-electron chi connectivity index (χ2n) is 3.83. The fourth-order valence-electron chi connectivity index (χ4n) is 1.32. The van der Waals surface area contributed by atoms with E-state index in [0.29, 0.717) is 0 Å². The van der Waals surface area contributed by atoms with Gasteiger partial charge in [0.25, 0.3) is 0 Å². The third-order valence-corrected chi connectivity index (χ3v) is 2.97. The highest BCUT2D eigenvalue weighted by Crippen LogP contribution is 2.40. The molecule has 9 heteroatoms. The van der Waals surface area contributed by atoms with Crippen LogP contribution in [0.25, 0.3) is 0 Å². The third-order valence-electron chi connectivity index (χ3n) is 2.16. The summed E-state index contributed by atoms with van der Waals surface area (Å²) in [5.74, 6) is 1.68. The molecule has 0 unspecified atom stereocenters. The van der Waals surface area contributed by atoms with Crippen LogP contribution in [-0.2, 0) is 4.79 Å². The van der Waals surface area contributed by atoms with Gasteiger partial charge < -0.3 is 16.0 Å². The summed E-state index contributed by atoms with van der Waals surface area (Å²) in [6.45, 7) is -0.324. The molecular formula is C13H12F3N3O2S. The van der Waals surface area contributed by atoms with Crippen LogP contribution in [0.4, 0.5) is 23.7 Å². The summed E-state index contributed by atoms with van der Waals surface area (Å²) in [7, 11) is 0. The lowest BCUT2D eigenvalue weighted by Gasteiger charge is -2.12. The van der Waals surface area contributed by atoms with Gasteiger partial charge in [0.2, 0.25) is 5.91 Å². The molecule has 0 fully saturated rings. The number of thioether (sulfide) groups is 1. The highest BCUT2D eigenvalue weighted by atomic mass is 32.2. The van der Waals surface area contributed by atoms with E-state index in [0.717, 1.165) is 0 Å². The van der Waals surface area contributed by atoms with E-state index in [-0.39, 0.29) is 35.4 Å². The number of anilines is 1. The SMILES string of the molecule is C#CCNC(=O)CNC(=O)Nc1ccccc1SC(F)(F)F. The molecule has 1 rings (SSSR count). The van der Waals surface area contributed by atoms with Gasteiger partial charge in [-0.05, 0) is 23.9 Å². The van der Waals surface area contributed by atoms with Crippen LogP contribution in [0.5, 0.6) is 0 Å². The summed E-state index contributed by atoms with van der Waals surface area (Å²) in [5, 5.41) is 6.79. The van der Waals surface area contributed by atoms with Crippen LogP contribution < -0.4 is 16.0 Å². The summed E-state index contributed by atoms with van der Waals surface area (Å²) < 4.78 is 37.2. The Bertz CT molecular complexity index is 585. The summed E-state index contributed by atoms with van der Waals surface area (Å²) in [4.78, 5) is 22.6. The molecule has 5 nitrogen and oxygen atoms in total. The van der Waals surface area contributed by atoms with Crippen LogP contribution in [0.15, 0.2) is 29.2 Å². The molecular weight excluding hydrogens is 319 g/mol. The number of halogens is 3. The van der Waals surface area contributed by atoms with Crippen molar-refractivity contribution in [3.63, 3.8) is 0 Å². The maximum absolute atomic E-state index is 12.4. The van der Waals surface area contributed by atoms with Crippen LogP contribution in [-0.4, -0.2) is 30.5 Å². The number of hydrogen-bond donors (Lipinski definition) is 3. The first-order valence-electron chi connectivity index (χ1n) is 5.91. The van der Waals surface area contributed by atoms with E-state index in [1.807, 2.05) is 0 Å². The summed E-state index contributed by atoms with van der Waals surface area (Å²) in [5.41, 5.74) is -4.48. The quantitative estimate of drug-likeness (QED) is 0.572. The fraction of sp³-hybridized carbons (Fsp3) is 0.231. The van der Waals surface area contributed by atoms with E-state index >= 15 is 0 Å². The zero-order chi connectivity index (χ0) is 16.6. The van der Waals surface area contributed by atoms with Gasteiger partial charge in [-0.1, -0.05) is 18.1 Å². The smallest absolute Gasteiger partial charge is 0.344 e. The lowest BCUT2D eigenvalue weighted by atomic mass is 10.3. The molecule has 3 amide bonds. The van der Waals surface area contributed by atoms with E-state index in [1.165, 1.54) is 24.3 Å². The number of alkyl halides is 3. The van der Waals surface area contributed by atoms with Gasteiger partial charge in [-0.25, -0.2) is 4.79 Å². The van der Waals surface area contributed by atoms with E-state index in [4.69, 9.17) is 6.42 Å². The number of nitrogens with one attached hydrogen (secondary N) is 3. The largest absolute Gasteiger partial charge is 0.446 e. The summed E-state index contributed by atoms with van der Waals surface area (Å²) >= 11 is -0.339. The van der Waals surface area contributed by atoms with Crippen LogP contribution in [0.1, 0.15) is 0 Å². The number of urea groups is 1. The molecule has 0 aliphatic heterocycles. The van der Waals surface area contributed by atoms with Crippen LogP contribution in [0, 0.1) is 12.3 Å². The number of carbonyl (C=O) groups excluding carboxylic acids is 2. The van der Waals surface area contributed by atoms with Gasteiger partial charge >= 0.3 is 11.5 Å². The van der Waals surface area contributed by atoms with Crippen LogP contribution >= 0.6 is 11.8 Å². The second kappa shape index (κ2) is 8.19. The predicted molar refractivity (Wildman–Crippen MR) is 77.2 cm³/mol. The Labute approximate surface area is 129 Å². The number of amides is 3. The first-order chi connectivity index (χ1) is 10.3. The summed E-state index contributed by atoms with van der Waals surface area (Å²) in [6.07, 6.45) is 4.94. The molecule has 0 spiro atoms. The number of hydrogen-bond acceptors (Lipinski definition) is 3. The van der Waals surface area contributed by atoms with Gasteiger partial charge in [0.1, 0.15) is 0 Å². The van der Waals surface area contributed by atoms with Gasteiger partial charge in [0.15, 0.2) is 0 Å². The zero-order valence-electron chi connectivity index (χ0n) is 11.2. The first kappa shape index (κ1) is 17.7. The normalized spacial score (nSPS) is 10.5. The molecule has 0 aliphatic rings. The molecule has 0 heterocycles. The van der Waals surface area contributed by atoms with E-state index in [1.54, 1.807) is 0 Å². The number of terminal acetylenes is 1. The molecule has 0 saturated heterocycles. The molecule has 118 valence electrons. The minimum Gasteiger partial charge on any atom is -0.344 e. The lowest BCUT2D eigenvalue weighted by Crippen LogP contribution is -2.39. The molecule has 0 radical (unpaired) electrons. The average molecular weight is 331 g/mol. The Morgan fingerprint density at radius 1 is 1.23 bits per heavy atom. The summed E-state index contributed by atoms with van der Waals surface area (Å²) in [6, 6.07) is 4.66. The molecule has 22 heavy (non-hydrogen) atoms. The Hall–Kier alpha value is -2.34. The molecule has 0 bridgehead atoms. The van der Waals surface area contributed by atoms with E-state index < -0.39 is 17.4 Å². The van der Waals surface area contributed by atoms with Gasteiger partial charge in [-0.15, -0.1) is 6.42 Å². The first-order valence-corrected chi connectivity index (χ1v) is 6.73. The molecule has 3 N–H and O–H groups in total. The van der Waals surface area contributed by atoms with Gasteiger partial charge in [-0.3, -0.25) is 4.79 Å². The average Bonchev–Trinajstić information content (AvgIpc) is 2.43. The van der Waals surface area contributed by atoms with E-state index in [2.05, 4.69) is 21.9 Å². The minimum absolute atomic E-state index is 0.00800. The van der Waals surface area contributed by atoms with Gasteiger partial charge in [0, 0.05) is 4.90 Å². The Balaban J connectivity index is 2.58. The van der Waals surface area contributed by atoms with Gasteiger partial charge in [0.05, 0.1) is 18.8 Å². The number of benzene rings is 1. The van der Waals surface area contributed by atoms with Crippen molar-refractivity contribution < 1.29 is 22.8 Å². The van der Waals surface area contributed by atoms with Crippen LogP contribution in [0.3, 0.4) is 0 Å². The predicted octanol–water partition coefficient (Wildman–Crippen LogP) is 2.17. The molecule has 0 aliphatic carbocycles. The maximum Gasteiger partial charge on any atom is 0.446 e. The van der Waals surface area contributed by atoms with Crippen molar-refractivity contribution >= 4 is 29.4 Å². The zero-order valence-corrected chi connectivity index (χ0v) is 12.0. The standard InChI is InChI=1S/C13H12F3N3O2S/c1-2-7-17-11(20)8-18-12(21)19-9-5-3-4-6-10(9)22-13(14,15)16/h1,3-6H,7-8H2,(H,17,20)(H2,18,19,21). The van der Waals surface area contributed by atoms with Crippen molar-refractivity contribution in [2.75, 3.05) is 18.4 Å². The highest BCUT2D eigenvalue weighted by Gasteiger charge is 2.30. The molecule has 1 aromatic rings. The van der Waals surface area contributed by atoms with Crippen molar-refractivity contribution in [3.05, 3.63) is 24.3 Å². The molecule has 0 aromatic heterocycles. The van der Waals surface area contributed by atoms with Crippen molar-refractivity contribution in [3.8, 4) is 12.3 Å². The van der Waals surface area contributed by atoms with Crippen LogP contribution in [0.2, 0.25) is 0 Å². The molecule has 0 saturated carbocycles. The Morgan fingerprint density at radius 2 is 1.91 bits per heavy atom. The number of rotatable bonds is 5. The van der Waals surface area contributed by atoms with Crippen molar-refractivity contribution in [1.82, 2.24) is 10.6 Å². The van der Waals surface area contributed by atoms with Crippen molar-refractivity contribution in [1.29, 1.82) is 0 Å². The molecule has 1 aromatic carbocycles.